The van der Waals surface area contributed by atoms with E-state index in [0.29, 0.717) is 5.76 Å². The van der Waals surface area contributed by atoms with Crippen LogP contribution in [0.1, 0.15) is 48.9 Å². The molecule has 0 radical (unpaired) electrons. The van der Waals surface area contributed by atoms with Crippen molar-refractivity contribution < 1.29 is 9.21 Å². The Morgan fingerprint density at radius 2 is 1.64 bits per heavy atom. The molecular weight excluding hydrogens is 412 g/mol. The fourth-order valence-corrected chi connectivity index (χ4v) is 3.27. The van der Waals surface area contributed by atoms with Crippen molar-refractivity contribution in [3.8, 4) is 22.5 Å². The summed E-state index contributed by atoms with van der Waals surface area (Å²) in [6, 6.07) is 12.1. The highest BCUT2D eigenvalue weighted by atomic mass is 16.3. The van der Waals surface area contributed by atoms with E-state index in [1.54, 1.807) is 12.4 Å². The molecule has 2 N–H and O–H groups in total. The van der Waals surface area contributed by atoms with Crippen molar-refractivity contribution >= 4 is 5.78 Å². The second kappa shape index (κ2) is 14.4. The van der Waals surface area contributed by atoms with Gasteiger partial charge in [0, 0.05) is 44.7 Å². The summed E-state index contributed by atoms with van der Waals surface area (Å²) in [5.74, 6) is 1.05. The van der Waals surface area contributed by atoms with Gasteiger partial charge in [-0.2, -0.15) is 0 Å². The van der Waals surface area contributed by atoms with E-state index in [1.807, 2.05) is 63.2 Å². The molecular formula is C27H40N4O2. The average Bonchev–Trinajstić information content (AvgIpc) is 3.29. The smallest absolute Gasteiger partial charge is 0.213 e. The summed E-state index contributed by atoms with van der Waals surface area (Å²) in [4.78, 5) is 17.0. The lowest BCUT2D eigenvalue weighted by atomic mass is 9.97. The molecule has 0 aliphatic carbocycles. The molecule has 2 heterocycles. The molecule has 0 unspecified atom stereocenters. The van der Waals surface area contributed by atoms with Crippen molar-refractivity contribution in [3.05, 3.63) is 65.7 Å². The maximum Gasteiger partial charge on any atom is 0.213 e. The third-order valence-corrected chi connectivity index (χ3v) is 5.18. The van der Waals surface area contributed by atoms with Gasteiger partial charge in [0.1, 0.15) is 5.76 Å². The number of hydrogen-bond acceptors (Lipinski definition) is 6. The van der Waals surface area contributed by atoms with Crippen LogP contribution in [0.2, 0.25) is 0 Å². The molecule has 0 amide bonds. The molecule has 33 heavy (non-hydrogen) atoms. The molecule has 0 saturated carbocycles. The van der Waals surface area contributed by atoms with E-state index in [2.05, 4.69) is 42.8 Å². The van der Waals surface area contributed by atoms with E-state index >= 15 is 0 Å². The van der Waals surface area contributed by atoms with E-state index in [-0.39, 0.29) is 12.3 Å². The average molecular weight is 453 g/mol. The van der Waals surface area contributed by atoms with Crippen LogP contribution in [-0.2, 0) is 6.42 Å². The number of nitrogens with two attached hydrogens (primary N) is 1. The Morgan fingerprint density at radius 1 is 1.00 bits per heavy atom. The minimum absolute atomic E-state index is 0.0522. The first kappa shape index (κ1) is 28.2. The largest absolute Gasteiger partial charge is 0.452 e. The number of pyridine rings is 1. The van der Waals surface area contributed by atoms with Crippen LogP contribution < -0.4 is 5.73 Å². The van der Waals surface area contributed by atoms with Crippen molar-refractivity contribution in [3.63, 3.8) is 0 Å². The zero-order valence-electron chi connectivity index (χ0n) is 21.5. The standard InChI is InChI=1S/C24H29N3O2.C2H6.CH5N/c1-6-7-19-14-20(9-8-17(19)2)24-21(18-10-12-25-13-11-18)15-23(29-24)22(28)16-27(5)26(3)4;2*1-2/h8-15H,6-7,16H2,1-5H3;1-2H3;2H2,1H3. The number of hydrazine groups is 1. The van der Waals surface area contributed by atoms with Crippen LogP contribution in [-0.4, -0.2) is 55.5 Å². The van der Waals surface area contributed by atoms with Crippen molar-refractivity contribution in [2.75, 3.05) is 34.7 Å². The highest BCUT2D eigenvalue weighted by Crippen LogP contribution is 2.36. The van der Waals surface area contributed by atoms with Crippen LogP contribution >= 0.6 is 0 Å². The lowest BCUT2D eigenvalue weighted by Crippen LogP contribution is -2.37. The predicted molar refractivity (Wildman–Crippen MR) is 138 cm³/mol. The van der Waals surface area contributed by atoms with Crippen molar-refractivity contribution in [1.29, 1.82) is 0 Å². The SMILES string of the molecule is CC.CCCc1cc(-c2oc(C(=O)CN(C)N(C)C)cc2-c2ccncc2)ccc1C.CN. The van der Waals surface area contributed by atoms with E-state index in [4.69, 9.17) is 4.42 Å². The zero-order valence-corrected chi connectivity index (χ0v) is 21.5. The molecule has 2 aromatic heterocycles. The molecule has 0 fully saturated rings. The molecule has 0 saturated heterocycles. The van der Waals surface area contributed by atoms with Gasteiger partial charge in [0.15, 0.2) is 5.76 Å². The first-order valence-corrected chi connectivity index (χ1v) is 11.5. The van der Waals surface area contributed by atoms with Crippen LogP contribution in [0.4, 0.5) is 0 Å². The van der Waals surface area contributed by atoms with Gasteiger partial charge < -0.3 is 10.2 Å². The Hall–Kier alpha value is -2.80. The number of likely N-dealkylation sites (N-methyl/N-ethyl adjacent to an activating group) is 1. The summed E-state index contributed by atoms with van der Waals surface area (Å²) in [6.07, 6.45) is 5.61. The Bertz CT molecular complexity index is 981. The molecule has 3 rings (SSSR count). The van der Waals surface area contributed by atoms with Gasteiger partial charge in [0.05, 0.1) is 6.54 Å². The summed E-state index contributed by atoms with van der Waals surface area (Å²) >= 11 is 0. The number of Topliss-reactive ketones (excluding diaryl/α,β-unsaturated/α-hetero) is 1. The number of aryl methyl sites for hydroxylation is 2. The zero-order chi connectivity index (χ0) is 25.0. The number of carbonyl (C=O) groups is 1. The summed E-state index contributed by atoms with van der Waals surface area (Å²) in [7, 11) is 7.19. The molecule has 180 valence electrons. The van der Waals surface area contributed by atoms with Gasteiger partial charge in [-0.1, -0.05) is 39.3 Å². The molecule has 3 aromatic rings. The fourth-order valence-electron chi connectivity index (χ4n) is 3.27. The van der Waals surface area contributed by atoms with Gasteiger partial charge in [0.25, 0.3) is 0 Å². The molecule has 6 nitrogen and oxygen atoms in total. The van der Waals surface area contributed by atoms with Crippen LogP contribution in [0.15, 0.2) is 53.2 Å². The molecule has 0 bridgehead atoms. The third-order valence-electron chi connectivity index (χ3n) is 5.18. The molecule has 1 aromatic carbocycles. The molecule has 0 aliphatic heterocycles. The molecule has 0 spiro atoms. The van der Waals surface area contributed by atoms with Gasteiger partial charge in [-0.3, -0.25) is 9.78 Å². The van der Waals surface area contributed by atoms with E-state index in [9.17, 15) is 4.79 Å². The van der Waals surface area contributed by atoms with Gasteiger partial charge in [0.2, 0.25) is 5.78 Å². The lowest BCUT2D eigenvalue weighted by molar-refractivity contribution is 0.0477. The number of aromatic nitrogens is 1. The number of rotatable bonds is 8. The minimum atomic E-state index is -0.0522. The monoisotopic (exact) mass is 452 g/mol. The number of furan rings is 1. The Kier molecular flexibility index (Phi) is 12.3. The van der Waals surface area contributed by atoms with E-state index < -0.39 is 0 Å². The van der Waals surface area contributed by atoms with Crippen LogP contribution in [0.5, 0.6) is 0 Å². The lowest BCUT2D eigenvalue weighted by Gasteiger charge is -2.22. The first-order valence-electron chi connectivity index (χ1n) is 11.5. The van der Waals surface area contributed by atoms with Gasteiger partial charge in [-0.05, 0) is 61.3 Å². The number of hydrogen-bond donors (Lipinski definition) is 1. The number of benzene rings is 1. The third kappa shape index (κ3) is 7.63. The second-order valence-corrected chi connectivity index (χ2v) is 7.57. The predicted octanol–water partition coefficient (Wildman–Crippen LogP) is 5.46. The van der Waals surface area contributed by atoms with Crippen molar-refractivity contribution in [2.24, 2.45) is 5.73 Å². The van der Waals surface area contributed by atoms with E-state index in [0.717, 1.165) is 35.3 Å². The van der Waals surface area contributed by atoms with Crippen LogP contribution in [0, 0.1) is 6.92 Å². The highest BCUT2D eigenvalue weighted by molar-refractivity contribution is 5.98. The Labute approximate surface area is 199 Å². The summed E-state index contributed by atoms with van der Waals surface area (Å²) in [6.45, 7) is 8.57. The molecule has 6 heteroatoms. The number of carbonyl (C=O) groups excluding carboxylic acids is 1. The summed E-state index contributed by atoms with van der Waals surface area (Å²) < 4.78 is 6.16. The van der Waals surface area contributed by atoms with Crippen molar-refractivity contribution in [2.45, 2.75) is 40.5 Å². The summed E-state index contributed by atoms with van der Waals surface area (Å²) in [5, 5.41) is 3.73. The Balaban J connectivity index is 0.00000129. The van der Waals surface area contributed by atoms with Crippen molar-refractivity contribution in [1.82, 2.24) is 15.0 Å². The molecule has 0 aliphatic rings. The maximum atomic E-state index is 12.8. The van der Waals surface area contributed by atoms with Gasteiger partial charge in [-0.25, -0.2) is 10.0 Å². The van der Waals surface area contributed by atoms with Crippen LogP contribution in [0.3, 0.4) is 0 Å². The minimum Gasteiger partial charge on any atom is -0.452 e. The van der Waals surface area contributed by atoms with Crippen LogP contribution in [0.25, 0.3) is 22.5 Å². The fraction of sp³-hybridized carbons (Fsp3) is 0.407. The number of nitrogens with zero attached hydrogens (tertiary/aromatic N) is 3. The van der Waals surface area contributed by atoms with E-state index in [1.165, 1.54) is 18.2 Å². The second-order valence-electron chi connectivity index (χ2n) is 7.57. The molecule has 0 atom stereocenters. The summed E-state index contributed by atoms with van der Waals surface area (Å²) in [5.41, 5.74) is 9.97. The first-order chi connectivity index (χ1) is 15.9. The maximum absolute atomic E-state index is 12.8. The highest BCUT2D eigenvalue weighted by Gasteiger charge is 2.21. The van der Waals surface area contributed by atoms with Gasteiger partial charge in [-0.15, -0.1) is 0 Å². The quantitative estimate of drug-likeness (QED) is 0.361. The Morgan fingerprint density at radius 3 is 2.21 bits per heavy atom. The topological polar surface area (TPSA) is 75.6 Å². The normalized spacial score (nSPS) is 10.4. The van der Waals surface area contributed by atoms with Gasteiger partial charge >= 0.3 is 0 Å². The number of ketones is 1.